The van der Waals surface area contributed by atoms with Crippen LogP contribution in [0.25, 0.3) is 39.5 Å². The Morgan fingerprint density at radius 1 is 0.812 bits per heavy atom. The minimum absolute atomic E-state index is 0.0696. The molecule has 4 N–H and O–H groups in total. The molecule has 2 aromatic carbocycles. The van der Waals surface area contributed by atoms with Crippen LogP contribution in [-0.2, 0) is 11.8 Å². The molecule has 0 amide bonds. The van der Waals surface area contributed by atoms with Crippen LogP contribution in [0.15, 0.2) is 78.6 Å². The van der Waals surface area contributed by atoms with Gasteiger partial charge in [0.2, 0.25) is 16.3 Å². The van der Waals surface area contributed by atoms with Gasteiger partial charge in [-0.25, -0.2) is 0 Å². The number of aliphatic hydroxyl groups is 2. The number of benzene rings is 2. The normalized spacial score (nSPS) is 17.0. The van der Waals surface area contributed by atoms with Gasteiger partial charge in [-0.15, -0.1) is 0 Å². The fraction of sp³-hybridized carbons (Fsp3) is 0.162. The first kappa shape index (κ1) is 30.4. The van der Waals surface area contributed by atoms with Crippen molar-refractivity contribution < 1.29 is 24.8 Å². The number of hydrogen-bond acceptors (Lipinski definition) is 10. The van der Waals surface area contributed by atoms with Gasteiger partial charge in [0, 0.05) is 22.7 Å². The molecule has 0 unspecified atom stereocenters. The Balaban J connectivity index is 1.67. The molecule has 4 aliphatic rings. The molecule has 7 rings (SSSR count). The van der Waals surface area contributed by atoms with Crippen molar-refractivity contribution in [3.8, 4) is 28.4 Å². The van der Waals surface area contributed by atoms with Crippen LogP contribution in [0.4, 0.5) is 0 Å². The maximum Gasteiger partial charge on any atom is 0.260 e. The van der Waals surface area contributed by atoms with Crippen LogP contribution in [0, 0.1) is 10.4 Å². The minimum Gasteiger partial charge on any atom is -0.510 e. The first-order valence-corrected chi connectivity index (χ1v) is 15.0. The summed E-state index contributed by atoms with van der Waals surface area (Å²) in [5.74, 6) is -1.99. The molecule has 0 bridgehead atoms. The fourth-order valence-electron chi connectivity index (χ4n) is 7.31. The van der Waals surface area contributed by atoms with Gasteiger partial charge in [-0.2, -0.15) is 0 Å². The number of ether oxygens (including phenoxy) is 2. The van der Waals surface area contributed by atoms with Crippen molar-refractivity contribution in [1.29, 1.82) is 0 Å². The number of phenols is 1. The third kappa shape index (κ3) is 3.84. The summed E-state index contributed by atoms with van der Waals surface area (Å²) < 4.78 is 10.3. The maximum atomic E-state index is 13.9. The van der Waals surface area contributed by atoms with E-state index in [0.717, 1.165) is 13.2 Å². The number of fused-ring (bicyclic) bond motifs is 4. The monoisotopic (exact) mass is 645 g/mol. The van der Waals surface area contributed by atoms with E-state index in [1.165, 1.54) is 7.11 Å². The van der Waals surface area contributed by atoms with E-state index >= 15 is 0 Å². The van der Waals surface area contributed by atoms with E-state index in [1.807, 2.05) is 13.0 Å². The summed E-state index contributed by atoms with van der Waals surface area (Å²) in [5, 5.41) is 33.2. The third-order valence-corrected chi connectivity index (χ3v) is 9.41. The summed E-state index contributed by atoms with van der Waals surface area (Å²) in [7, 11) is 2.65. The van der Waals surface area contributed by atoms with E-state index < -0.39 is 76.6 Å². The molecule has 3 aromatic rings. The second-order valence-electron chi connectivity index (χ2n) is 11.7. The Morgan fingerprint density at radius 2 is 1.48 bits per heavy atom. The van der Waals surface area contributed by atoms with Gasteiger partial charge >= 0.3 is 0 Å². The van der Waals surface area contributed by atoms with Crippen LogP contribution in [-0.4, -0.2) is 34.5 Å². The molecule has 11 nitrogen and oxygen atoms in total. The number of aromatic hydroxyl groups is 1. The van der Waals surface area contributed by atoms with Crippen molar-refractivity contribution in [3.05, 3.63) is 144 Å². The van der Waals surface area contributed by atoms with Gasteiger partial charge in [0.15, 0.2) is 11.2 Å². The SMILES string of the molecule is CC=CC=Cc1cc2c(-c3ccc(OC)cc3)c3c(c(O)c2c(=O)[nH]1)[C@@]1(CC3)C(O)=c2c(=O)c3c(=O)cc(OC)c(=O)c=3c(=O)c2=C1O. The highest BCUT2D eigenvalue weighted by molar-refractivity contribution is 6.05. The Bertz CT molecular complexity index is 2790. The van der Waals surface area contributed by atoms with Gasteiger partial charge in [-0.05, 0) is 60.7 Å². The number of methoxy groups -OCH3 is 2. The Morgan fingerprint density at radius 3 is 2.10 bits per heavy atom. The number of aromatic amines is 1. The van der Waals surface area contributed by atoms with Gasteiger partial charge in [0.1, 0.15) is 28.4 Å². The van der Waals surface area contributed by atoms with Crippen LogP contribution < -0.4 is 47.2 Å². The summed E-state index contributed by atoms with van der Waals surface area (Å²) >= 11 is 0. The Labute approximate surface area is 269 Å². The second-order valence-corrected chi connectivity index (χ2v) is 11.7. The molecule has 1 spiro atoms. The molecule has 0 saturated carbocycles. The van der Waals surface area contributed by atoms with Crippen LogP contribution >= 0.6 is 0 Å². The van der Waals surface area contributed by atoms with Gasteiger partial charge in [0.05, 0.1) is 40.5 Å². The minimum atomic E-state index is -2.04. The zero-order chi connectivity index (χ0) is 34.2. The molecule has 4 aliphatic carbocycles. The highest BCUT2D eigenvalue weighted by Gasteiger charge is 2.54. The van der Waals surface area contributed by atoms with Crippen LogP contribution in [0.5, 0.6) is 17.2 Å². The predicted molar refractivity (Wildman–Crippen MR) is 179 cm³/mol. The van der Waals surface area contributed by atoms with Crippen LogP contribution in [0.3, 0.4) is 0 Å². The summed E-state index contributed by atoms with van der Waals surface area (Å²) in [6.07, 6.45) is 7.03. The molecular weight excluding hydrogens is 618 g/mol. The summed E-state index contributed by atoms with van der Waals surface area (Å²) in [6.45, 7) is 1.84. The molecule has 1 heterocycles. The van der Waals surface area contributed by atoms with E-state index in [-0.39, 0.29) is 23.8 Å². The number of allylic oxidation sites excluding steroid dienone is 3. The zero-order valence-electron chi connectivity index (χ0n) is 25.9. The Kier molecular flexibility index (Phi) is 6.76. The molecule has 1 atom stereocenters. The molecule has 240 valence electrons. The average molecular weight is 646 g/mol. The van der Waals surface area contributed by atoms with Crippen LogP contribution in [0.1, 0.15) is 30.2 Å². The van der Waals surface area contributed by atoms with E-state index in [1.54, 1.807) is 48.6 Å². The van der Waals surface area contributed by atoms with E-state index in [0.29, 0.717) is 33.5 Å². The van der Waals surface area contributed by atoms with Gasteiger partial charge in [0.25, 0.3) is 5.56 Å². The number of pyridine rings is 1. The number of nitrogens with one attached hydrogen (secondary N) is 1. The molecule has 0 aliphatic heterocycles. The number of rotatable bonds is 5. The summed E-state index contributed by atoms with van der Waals surface area (Å²) in [4.78, 5) is 70.3. The van der Waals surface area contributed by atoms with Crippen molar-refractivity contribution in [2.45, 2.75) is 25.2 Å². The molecular formula is C37H27NO10. The van der Waals surface area contributed by atoms with Crippen molar-refractivity contribution in [2.24, 2.45) is 0 Å². The first-order chi connectivity index (χ1) is 23.0. The highest BCUT2D eigenvalue weighted by Crippen LogP contribution is 2.57. The summed E-state index contributed by atoms with van der Waals surface area (Å²) in [6, 6.07) is 9.47. The second kappa shape index (κ2) is 10.7. The first-order valence-electron chi connectivity index (χ1n) is 15.0. The lowest BCUT2D eigenvalue weighted by molar-refractivity contribution is 0.362. The molecule has 0 fully saturated rings. The molecule has 11 heteroatoms. The quantitative estimate of drug-likeness (QED) is 0.206. The van der Waals surface area contributed by atoms with Gasteiger partial charge in [-0.1, -0.05) is 30.4 Å². The molecule has 48 heavy (non-hydrogen) atoms. The molecule has 1 aromatic heterocycles. The molecule has 0 saturated heterocycles. The van der Waals surface area contributed by atoms with E-state index in [9.17, 15) is 39.3 Å². The largest absolute Gasteiger partial charge is 0.510 e. The van der Waals surface area contributed by atoms with E-state index in [4.69, 9.17) is 9.47 Å². The molecule has 0 radical (unpaired) electrons. The number of phenolic OH excluding ortho intramolecular Hbond substituents is 1. The number of aliphatic hydroxyl groups excluding tert-OH is 2. The lowest BCUT2D eigenvalue weighted by Crippen LogP contribution is -2.51. The summed E-state index contributed by atoms with van der Waals surface area (Å²) in [5.41, 5.74) is -4.99. The van der Waals surface area contributed by atoms with Gasteiger partial charge < -0.3 is 29.8 Å². The number of aromatic nitrogens is 1. The lowest BCUT2D eigenvalue weighted by Gasteiger charge is -2.28. The fourth-order valence-corrected chi connectivity index (χ4v) is 7.31. The third-order valence-electron chi connectivity index (χ3n) is 9.41. The standard InChI is InChI=1S/C37H27NO10/c1-4-5-6-7-17-14-20-23(16-8-10-18(47-2)11-9-16)19-12-13-37(29(19)33(43)24(20)36(46)38-17)34(44)27-28(35(37)45)32(42)26-25(31(27)41)21(39)15-22(48-3)30(26)40/h4-11,14-15,43-45H,12-13H2,1-3H3,(H,38,46)/t37-/m0/s1. The Hall–Kier alpha value is -6.23. The van der Waals surface area contributed by atoms with Crippen molar-refractivity contribution >= 4 is 28.4 Å². The number of H-pyrrole nitrogens is 1. The zero-order valence-corrected chi connectivity index (χ0v) is 25.9. The predicted octanol–water partition coefficient (Wildman–Crippen LogP) is 1.78. The van der Waals surface area contributed by atoms with Crippen LogP contribution in [0.2, 0.25) is 0 Å². The average Bonchev–Trinajstić information content (AvgIpc) is 3.57. The van der Waals surface area contributed by atoms with Crippen molar-refractivity contribution in [1.82, 2.24) is 4.98 Å². The highest BCUT2D eigenvalue weighted by atomic mass is 16.5. The number of hydrogen-bond donors (Lipinski definition) is 4. The topological polar surface area (TPSA) is 180 Å². The lowest BCUT2D eigenvalue weighted by atomic mass is 9.77. The van der Waals surface area contributed by atoms with Crippen molar-refractivity contribution in [3.63, 3.8) is 0 Å². The van der Waals surface area contributed by atoms with Crippen molar-refractivity contribution in [2.75, 3.05) is 14.2 Å². The van der Waals surface area contributed by atoms with E-state index in [2.05, 4.69) is 4.98 Å². The smallest absolute Gasteiger partial charge is 0.260 e. The van der Waals surface area contributed by atoms with Gasteiger partial charge in [-0.3, -0.25) is 24.0 Å². The maximum absolute atomic E-state index is 13.9.